The van der Waals surface area contributed by atoms with Crippen LogP contribution < -0.4 is 0 Å². The maximum atomic E-state index is 13.7. The maximum absolute atomic E-state index is 13.7. The van der Waals surface area contributed by atoms with E-state index in [2.05, 4.69) is 4.74 Å². The van der Waals surface area contributed by atoms with Crippen LogP contribution in [0.1, 0.15) is 6.92 Å². The molecule has 5 nitrogen and oxygen atoms in total. The molecule has 1 aliphatic rings. The Labute approximate surface area is 117 Å². The van der Waals surface area contributed by atoms with Gasteiger partial charge in [0.1, 0.15) is 10.7 Å². The van der Waals surface area contributed by atoms with Gasteiger partial charge in [-0.05, 0) is 18.1 Å². The van der Waals surface area contributed by atoms with Gasteiger partial charge in [0.05, 0.1) is 13.0 Å². The fourth-order valence-electron chi connectivity index (χ4n) is 2.37. The number of hydrogen-bond donors (Lipinski definition) is 0. The monoisotopic (exact) mass is 301 g/mol. The lowest BCUT2D eigenvalue weighted by atomic mass is 9.99. The number of carbonyl (C=O) groups is 1. The van der Waals surface area contributed by atoms with Gasteiger partial charge >= 0.3 is 5.97 Å². The number of sulfonamides is 1. The third-order valence-corrected chi connectivity index (χ3v) is 5.40. The summed E-state index contributed by atoms with van der Waals surface area (Å²) in [7, 11) is -2.66. The topological polar surface area (TPSA) is 63.7 Å². The van der Waals surface area contributed by atoms with Gasteiger partial charge < -0.3 is 4.74 Å². The summed E-state index contributed by atoms with van der Waals surface area (Å²) in [5, 5.41) is 0. The molecule has 0 amide bonds. The quantitative estimate of drug-likeness (QED) is 0.788. The molecule has 0 aromatic heterocycles. The van der Waals surface area contributed by atoms with E-state index >= 15 is 0 Å². The number of esters is 1. The molecule has 0 bridgehead atoms. The summed E-state index contributed by atoms with van der Waals surface area (Å²) in [6.07, 6.45) is 0. The first-order valence-electron chi connectivity index (χ1n) is 6.20. The molecule has 0 spiro atoms. The van der Waals surface area contributed by atoms with Gasteiger partial charge in [0.2, 0.25) is 10.0 Å². The highest BCUT2D eigenvalue weighted by Gasteiger charge is 2.41. The molecule has 110 valence electrons. The van der Waals surface area contributed by atoms with Crippen molar-refractivity contribution in [2.24, 2.45) is 11.8 Å². The second-order valence-corrected chi connectivity index (χ2v) is 6.77. The summed E-state index contributed by atoms with van der Waals surface area (Å²) in [4.78, 5) is 11.2. The molecular weight excluding hydrogens is 285 g/mol. The van der Waals surface area contributed by atoms with Gasteiger partial charge in [-0.3, -0.25) is 4.79 Å². The molecule has 0 aliphatic carbocycles. The van der Waals surface area contributed by atoms with Gasteiger partial charge in [-0.1, -0.05) is 19.1 Å². The minimum Gasteiger partial charge on any atom is -0.469 e. The lowest BCUT2D eigenvalue weighted by molar-refractivity contribution is -0.145. The van der Waals surface area contributed by atoms with Crippen molar-refractivity contribution < 1.29 is 22.3 Å². The molecule has 0 radical (unpaired) electrons. The van der Waals surface area contributed by atoms with Gasteiger partial charge in [-0.15, -0.1) is 0 Å². The van der Waals surface area contributed by atoms with Crippen LogP contribution in [0.3, 0.4) is 0 Å². The van der Waals surface area contributed by atoms with Crippen molar-refractivity contribution in [1.82, 2.24) is 4.31 Å². The first kappa shape index (κ1) is 14.9. The number of nitrogens with zero attached hydrogens (tertiary/aromatic N) is 1. The summed E-state index contributed by atoms with van der Waals surface area (Å²) in [6.45, 7) is 1.97. The number of methoxy groups -OCH3 is 1. The minimum atomic E-state index is -3.93. The Kier molecular flexibility index (Phi) is 4.10. The zero-order valence-electron chi connectivity index (χ0n) is 11.2. The van der Waals surface area contributed by atoms with E-state index in [1.165, 1.54) is 25.3 Å². The Morgan fingerprint density at radius 1 is 1.35 bits per heavy atom. The van der Waals surface area contributed by atoms with Crippen molar-refractivity contribution in [3.05, 3.63) is 30.1 Å². The second kappa shape index (κ2) is 5.49. The fourth-order valence-corrected chi connectivity index (χ4v) is 4.00. The van der Waals surface area contributed by atoms with Crippen molar-refractivity contribution in [3.8, 4) is 0 Å². The van der Waals surface area contributed by atoms with Gasteiger partial charge in [-0.25, -0.2) is 12.8 Å². The minimum absolute atomic E-state index is 0.0184. The Bertz CT molecular complexity index is 617. The van der Waals surface area contributed by atoms with Crippen molar-refractivity contribution >= 4 is 16.0 Å². The highest BCUT2D eigenvalue weighted by atomic mass is 32.2. The number of carbonyl (C=O) groups excluding carboxylic acids is 1. The number of ether oxygens (including phenoxy) is 1. The lowest BCUT2D eigenvalue weighted by Crippen LogP contribution is -2.30. The zero-order valence-corrected chi connectivity index (χ0v) is 12.1. The SMILES string of the molecule is COC(=O)C1CN(S(=O)(=O)c2ccccc2F)CC1C. The molecule has 7 heteroatoms. The van der Waals surface area contributed by atoms with Crippen molar-refractivity contribution in [3.63, 3.8) is 0 Å². The average molecular weight is 301 g/mol. The van der Waals surface area contributed by atoms with Crippen LogP contribution >= 0.6 is 0 Å². The maximum Gasteiger partial charge on any atom is 0.310 e. The standard InChI is InChI=1S/C13H16FNO4S/c1-9-7-15(8-10(9)13(16)19-2)20(17,18)12-6-4-3-5-11(12)14/h3-6,9-10H,7-8H2,1-2H3. The molecule has 20 heavy (non-hydrogen) atoms. The number of halogens is 1. The largest absolute Gasteiger partial charge is 0.469 e. The molecular formula is C13H16FNO4S. The van der Waals surface area contributed by atoms with Gasteiger partial charge in [0.25, 0.3) is 0 Å². The van der Waals surface area contributed by atoms with Crippen LogP contribution in [-0.4, -0.2) is 38.9 Å². The Morgan fingerprint density at radius 3 is 2.60 bits per heavy atom. The van der Waals surface area contributed by atoms with E-state index in [9.17, 15) is 17.6 Å². The van der Waals surface area contributed by atoms with Crippen LogP contribution in [0.2, 0.25) is 0 Å². The molecule has 1 saturated heterocycles. The van der Waals surface area contributed by atoms with E-state index in [-0.39, 0.29) is 23.9 Å². The molecule has 2 atom stereocenters. The third kappa shape index (κ3) is 2.55. The van der Waals surface area contributed by atoms with Gasteiger partial charge in [0, 0.05) is 13.1 Å². The first-order valence-corrected chi connectivity index (χ1v) is 7.64. The van der Waals surface area contributed by atoms with E-state index in [1.807, 2.05) is 0 Å². The highest BCUT2D eigenvalue weighted by molar-refractivity contribution is 7.89. The zero-order chi connectivity index (χ0) is 14.9. The van der Waals surface area contributed by atoms with Crippen LogP contribution in [-0.2, 0) is 19.6 Å². The van der Waals surface area contributed by atoms with E-state index in [0.29, 0.717) is 0 Å². The normalized spacial score (nSPS) is 23.8. The van der Waals surface area contributed by atoms with Crippen molar-refractivity contribution in [1.29, 1.82) is 0 Å². The number of hydrogen-bond acceptors (Lipinski definition) is 4. The molecule has 2 rings (SSSR count). The van der Waals surface area contributed by atoms with E-state index in [1.54, 1.807) is 6.92 Å². The third-order valence-electron chi connectivity index (χ3n) is 3.54. The molecule has 1 aromatic carbocycles. The van der Waals surface area contributed by atoms with Crippen molar-refractivity contribution in [2.45, 2.75) is 11.8 Å². The summed E-state index contributed by atoms with van der Waals surface area (Å²) in [5.41, 5.74) is 0. The molecule has 1 aliphatic heterocycles. The Hall–Kier alpha value is -1.47. The number of benzene rings is 1. The molecule has 2 unspecified atom stereocenters. The molecule has 0 saturated carbocycles. The molecule has 1 heterocycles. The predicted molar refractivity (Wildman–Crippen MR) is 69.8 cm³/mol. The summed E-state index contributed by atoms with van der Waals surface area (Å²) in [5.74, 6) is -1.91. The van der Waals surface area contributed by atoms with Gasteiger partial charge in [0.15, 0.2) is 0 Å². The molecule has 1 aromatic rings. The molecule has 1 fully saturated rings. The van der Waals surface area contributed by atoms with Crippen LogP contribution in [0.15, 0.2) is 29.2 Å². The first-order chi connectivity index (χ1) is 9.37. The smallest absolute Gasteiger partial charge is 0.310 e. The van der Waals surface area contributed by atoms with Crippen LogP contribution in [0, 0.1) is 17.7 Å². The van der Waals surface area contributed by atoms with E-state index in [4.69, 9.17) is 0 Å². The van der Waals surface area contributed by atoms with E-state index < -0.39 is 27.7 Å². The van der Waals surface area contributed by atoms with Crippen LogP contribution in [0.25, 0.3) is 0 Å². The summed E-state index contributed by atoms with van der Waals surface area (Å²) < 4.78 is 44.2. The average Bonchev–Trinajstić information content (AvgIpc) is 2.81. The van der Waals surface area contributed by atoms with Crippen LogP contribution in [0.4, 0.5) is 4.39 Å². The Morgan fingerprint density at radius 2 is 2.00 bits per heavy atom. The van der Waals surface area contributed by atoms with E-state index in [0.717, 1.165) is 10.4 Å². The van der Waals surface area contributed by atoms with Crippen molar-refractivity contribution in [2.75, 3.05) is 20.2 Å². The number of rotatable bonds is 3. The predicted octanol–water partition coefficient (Wildman–Crippen LogP) is 1.26. The van der Waals surface area contributed by atoms with Gasteiger partial charge in [-0.2, -0.15) is 4.31 Å². The summed E-state index contributed by atoms with van der Waals surface area (Å²) >= 11 is 0. The fraction of sp³-hybridized carbons (Fsp3) is 0.462. The lowest BCUT2D eigenvalue weighted by Gasteiger charge is -2.16. The summed E-state index contributed by atoms with van der Waals surface area (Å²) in [6, 6.07) is 5.22. The molecule has 0 N–H and O–H groups in total. The second-order valence-electron chi connectivity index (χ2n) is 4.86. The van der Waals surface area contributed by atoms with Crippen LogP contribution in [0.5, 0.6) is 0 Å². The highest BCUT2D eigenvalue weighted by Crippen LogP contribution is 2.30. The Balaban J connectivity index is 2.29.